The number of halogens is 1. The summed E-state index contributed by atoms with van der Waals surface area (Å²) in [6.45, 7) is 0.211. The van der Waals surface area contributed by atoms with E-state index in [2.05, 4.69) is 4.72 Å². The molecule has 0 saturated heterocycles. The van der Waals surface area contributed by atoms with Crippen LogP contribution in [0.2, 0.25) is 5.02 Å². The minimum absolute atomic E-state index is 0.00194. The summed E-state index contributed by atoms with van der Waals surface area (Å²) in [5.74, 6) is 1.15. The van der Waals surface area contributed by atoms with Crippen LogP contribution in [0.15, 0.2) is 47.4 Å². The highest BCUT2D eigenvalue weighted by molar-refractivity contribution is 7.89. The number of benzene rings is 2. The fraction of sp³-hybridized carbons (Fsp3) is 0.250. The molecule has 0 aromatic heterocycles. The number of methoxy groups -OCH3 is 2. The molecule has 0 atom stereocenters. The number of hydrogen-bond donors (Lipinski definition) is 1. The molecule has 24 heavy (non-hydrogen) atoms. The summed E-state index contributed by atoms with van der Waals surface area (Å²) in [5, 5.41) is 0.467. The van der Waals surface area contributed by atoms with Gasteiger partial charge in [-0.05, 0) is 24.3 Å². The monoisotopic (exact) mass is 371 g/mol. The van der Waals surface area contributed by atoms with Crippen molar-refractivity contribution in [3.05, 3.63) is 47.5 Å². The fourth-order valence-electron chi connectivity index (χ4n) is 1.97. The van der Waals surface area contributed by atoms with Gasteiger partial charge in [-0.15, -0.1) is 0 Å². The molecule has 0 amide bonds. The number of sulfonamides is 1. The molecule has 0 aliphatic heterocycles. The van der Waals surface area contributed by atoms with Gasteiger partial charge < -0.3 is 14.2 Å². The maximum absolute atomic E-state index is 12.4. The molecule has 130 valence electrons. The molecule has 8 heteroatoms. The van der Waals surface area contributed by atoms with Crippen molar-refractivity contribution in [1.82, 2.24) is 4.72 Å². The average Bonchev–Trinajstić information content (AvgIpc) is 2.59. The van der Waals surface area contributed by atoms with E-state index in [1.54, 1.807) is 30.3 Å². The van der Waals surface area contributed by atoms with Gasteiger partial charge in [0.15, 0.2) is 0 Å². The molecule has 0 aliphatic carbocycles. The standard InChI is InChI=1S/C16H18ClNO5S/c1-21-12-7-8-15(22-2)16(11-12)24(19,20)18-9-10-23-14-6-4-3-5-13(14)17/h3-8,11,18H,9-10H2,1-2H3. The van der Waals surface area contributed by atoms with E-state index in [0.717, 1.165) is 0 Å². The summed E-state index contributed by atoms with van der Waals surface area (Å²) in [5.41, 5.74) is 0. The van der Waals surface area contributed by atoms with Crippen LogP contribution in [0.1, 0.15) is 0 Å². The lowest BCUT2D eigenvalue weighted by Crippen LogP contribution is -2.28. The molecule has 1 N–H and O–H groups in total. The predicted octanol–water partition coefficient (Wildman–Crippen LogP) is 2.71. The largest absolute Gasteiger partial charge is 0.497 e. The number of para-hydroxylation sites is 1. The van der Waals surface area contributed by atoms with Crippen LogP contribution in [0.3, 0.4) is 0 Å². The second-order valence-electron chi connectivity index (χ2n) is 4.69. The quantitative estimate of drug-likeness (QED) is 0.722. The van der Waals surface area contributed by atoms with E-state index in [9.17, 15) is 8.42 Å². The number of ether oxygens (including phenoxy) is 3. The molecular formula is C16H18ClNO5S. The highest BCUT2D eigenvalue weighted by Crippen LogP contribution is 2.28. The van der Waals surface area contributed by atoms with Gasteiger partial charge in [-0.2, -0.15) is 0 Å². The fourth-order valence-corrected chi connectivity index (χ4v) is 3.36. The van der Waals surface area contributed by atoms with Crippen LogP contribution in [0.25, 0.3) is 0 Å². The molecule has 0 spiro atoms. The number of rotatable bonds is 8. The molecule has 0 fully saturated rings. The molecular weight excluding hydrogens is 354 g/mol. The lowest BCUT2D eigenvalue weighted by atomic mass is 10.3. The molecule has 0 heterocycles. The zero-order valence-corrected chi connectivity index (χ0v) is 14.9. The summed E-state index contributed by atoms with van der Waals surface area (Å²) in [6, 6.07) is 11.5. The third kappa shape index (κ3) is 4.53. The van der Waals surface area contributed by atoms with Gasteiger partial charge in [0.05, 0.1) is 19.2 Å². The van der Waals surface area contributed by atoms with Crippen molar-refractivity contribution >= 4 is 21.6 Å². The van der Waals surface area contributed by atoms with Gasteiger partial charge >= 0.3 is 0 Å². The van der Waals surface area contributed by atoms with E-state index in [1.165, 1.54) is 26.4 Å². The molecule has 0 radical (unpaired) electrons. The highest BCUT2D eigenvalue weighted by atomic mass is 35.5. The van der Waals surface area contributed by atoms with Crippen LogP contribution in [0.4, 0.5) is 0 Å². The molecule has 0 unspecified atom stereocenters. The van der Waals surface area contributed by atoms with Gasteiger partial charge in [-0.1, -0.05) is 23.7 Å². The average molecular weight is 372 g/mol. The summed E-state index contributed by atoms with van der Waals surface area (Å²) in [7, 11) is -0.903. The maximum atomic E-state index is 12.4. The summed E-state index contributed by atoms with van der Waals surface area (Å²) in [6.07, 6.45) is 0. The molecule has 6 nitrogen and oxygen atoms in total. The van der Waals surface area contributed by atoms with Crippen LogP contribution >= 0.6 is 11.6 Å². The van der Waals surface area contributed by atoms with Gasteiger partial charge in [0.25, 0.3) is 0 Å². The Hall–Kier alpha value is -1.96. The molecule has 2 aromatic rings. The summed E-state index contributed by atoms with van der Waals surface area (Å²) >= 11 is 5.97. The van der Waals surface area contributed by atoms with Crippen LogP contribution in [0.5, 0.6) is 17.2 Å². The van der Waals surface area contributed by atoms with Crippen molar-refractivity contribution in [3.8, 4) is 17.2 Å². The Labute approximate surface area is 146 Å². The van der Waals surface area contributed by atoms with Crippen molar-refractivity contribution < 1.29 is 22.6 Å². The number of hydrogen-bond acceptors (Lipinski definition) is 5. The van der Waals surface area contributed by atoms with Gasteiger partial charge in [-0.25, -0.2) is 13.1 Å². The number of nitrogens with one attached hydrogen (secondary N) is 1. The van der Waals surface area contributed by atoms with E-state index >= 15 is 0 Å². The van der Waals surface area contributed by atoms with Crippen molar-refractivity contribution in [2.75, 3.05) is 27.4 Å². The second kappa shape index (κ2) is 8.23. The Morgan fingerprint density at radius 2 is 1.79 bits per heavy atom. The first-order valence-electron chi connectivity index (χ1n) is 7.07. The molecule has 2 rings (SSSR count). The van der Waals surface area contributed by atoms with E-state index in [0.29, 0.717) is 16.5 Å². The van der Waals surface area contributed by atoms with Crippen LogP contribution in [-0.2, 0) is 10.0 Å². The van der Waals surface area contributed by atoms with Gasteiger partial charge in [0, 0.05) is 12.6 Å². The molecule has 0 bridgehead atoms. The lowest BCUT2D eigenvalue weighted by molar-refractivity contribution is 0.323. The molecule has 2 aromatic carbocycles. The van der Waals surface area contributed by atoms with E-state index in [-0.39, 0.29) is 23.8 Å². The Morgan fingerprint density at radius 3 is 2.46 bits per heavy atom. The first-order chi connectivity index (χ1) is 11.5. The third-order valence-electron chi connectivity index (χ3n) is 3.15. The van der Waals surface area contributed by atoms with Crippen molar-refractivity contribution in [2.45, 2.75) is 4.90 Å². The van der Waals surface area contributed by atoms with E-state index in [4.69, 9.17) is 25.8 Å². The molecule has 0 aliphatic rings. The second-order valence-corrected chi connectivity index (χ2v) is 6.84. The SMILES string of the molecule is COc1ccc(OC)c(S(=O)(=O)NCCOc2ccccc2Cl)c1. The molecule has 0 saturated carbocycles. The zero-order chi connectivity index (χ0) is 17.6. The Bertz CT molecular complexity index is 795. The van der Waals surface area contributed by atoms with E-state index in [1.807, 2.05) is 0 Å². The predicted molar refractivity (Wildman–Crippen MR) is 91.7 cm³/mol. The topological polar surface area (TPSA) is 73.9 Å². The van der Waals surface area contributed by atoms with Crippen molar-refractivity contribution in [3.63, 3.8) is 0 Å². The maximum Gasteiger partial charge on any atom is 0.244 e. The van der Waals surface area contributed by atoms with Crippen molar-refractivity contribution in [2.24, 2.45) is 0 Å². The summed E-state index contributed by atoms with van der Waals surface area (Å²) in [4.78, 5) is 0.00194. The van der Waals surface area contributed by atoms with E-state index < -0.39 is 10.0 Å². The summed E-state index contributed by atoms with van der Waals surface area (Å²) < 4.78 is 42.9. The minimum Gasteiger partial charge on any atom is -0.497 e. The van der Waals surface area contributed by atoms with Crippen LogP contribution < -0.4 is 18.9 Å². The van der Waals surface area contributed by atoms with Gasteiger partial charge in [-0.3, -0.25) is 0 Å². The minimum atomic E-state index is -3.77. The van der Waals surface area contributed by atoms with Gasteiger partial charge in [0.1, 0.15) is 28.8 Å². The van der Waals surface area contributed by atoms with Crippen LogP contribution in [0, 0.1) is 0 Å². The normalized spacial score (nSPS) is 11.1. The lowest BCUT2D eigenvalue weighted by Gasteiger charge is -2.13. The zero-order valence-electron chi connectivity index (χ0n) is 13.3. The first kappa shape index (κ1) is 18.4. The van der Waals surface area contributed by atoms with Crippen molar-refractivity contribution in [1.29, 1.82) is 0 Å². The Balaban J connectivity index is 2.02. The first-order valence-corrected chi connectivity index (χ1v) is 8.93. The smallest absolute Gasteiger partial charge is 0.244 e. The third-order valence-corrected chi connectivity index (χ3v) is 4.94. The Kier molecular flexibility index (Phi) is 6.30. The van der Waals surface area contributed by atoms with Crippen LogP contribution in [-0.4, -0.2) is 35.8 Å². The van der Waals surface area contributed by atoms with Gasteiger partial charge in [0.2, 0.25) is 10.0 Å². The highest BCUT2D eigenvalue weighted by Gasteiger charge is 2.20. The Morgan fingerprint density at radius 1 is 1.04 bits per heavy atom.